The molecule has 0 aliphatic heterocycles. The molecule has 2 unspecified atom stereocenters. The second-order valence-corrected chi connectivity index (χ2v) is 7.64. The SMILES string of the molecule is COc1ccc(C(=O)NC(S)C(C=O)CC(=O)NNC(=S)Nc2ccc(CN)cc2)cc1. The van der Waals surface area contributed by atoms with Crippen molar-refractivity contribution in [2.24, 2.45) is 11.7 Å². The Morgan fingerprint density at radius 2 is 1.78 bits per heavy atom. The number of amides is 2. The number of hydrogen-bond acceptors (Lipinski definition) is 7. The summed E-state index contributed by atoms with van der Waals surface area (Å²) in [7, 11) is 1.52. The van der Waals surface area contributed by atoms with Crippen molar-refractivity contribution in [2.45, 2.75) is 18.3 Å². The van der Waals surface area contributed by atoms with E-state index in [1.165, 1.54) is 7.11 Å². The number of rotatable bonds is 9. The molecule has 9 nitrogen and oxygen atoms in total. The topological polar surface area (TPSA) is 135 Å². The molecular weight excluding hydrogens is 450 g/mol. The first kappa shape index (κ1) is 25.1. The minimum absolute atomic E-state index is 0.164. The van der Waals surface area contributed by atoms with Crippen LogP contribution in [0.1, 0.15) is 22.3 Å². The summed E-state index contributed by atoms with van der Waals surface area (Å²) in [6.45, 7) is 0.434. The summed E-state index contributed by atoms with van der Waals surface area (Å²) in [5.74, 6) is -1.17. The van der Waals surface area contributed by atoms with E-state index in [2.05, 4.69) is 34.1 Å². The number of ether oxygens (including phenoxy) is 1. The third-order valence-corrected chi connectivity index (χ3v) is 5.11. The molecule has 0 radical (unpaired) electrons. The third-order valence-electron chi connectivity index (χ3n) is 4.40. The van der Waals surface area contributed by atoms with Gasteiger partial charge in [-0.15, -0.1) is 0 Å². The molecule has 0 aromatic heterocycles. The fourth-order valence-electron chi connectivity index (χ4n) is 2.58. The van der Waals surface area contributed by atoms with Crippen LogP contribution in [0.3, 0.4) is 0 Å². The minimum atomic E-state index is -0.862. The average molecular weight is 476 g/mol. The van der Waals surface area contributed by atoms with E-state index in [1.54, 1.807) is 36.4 Å². The Hall–Kier alpha value is -3.15. The molecule has 2 aromatic carbocycles. The van der Waals surface area contributed by atoms with E-state index < -0.39 is 23.1 Å². The zero-order valence-electron chi connectivity index (χ0n) is 17.3. The number of hydrogen-bond donors (Lipinski definition) is 6. The van der Waals surface area contributed by atoms with Crippen LogP contribution in [0.5, 0.6) is 5.75 Å². The van der Waals surface area contributed by atoms with Crippen LogP contribution in [0.15, 0.2) is 48.5 Å². The van der Waals surface area contributed by atoms with Gasteiger partial charge in [0.05, 0.1) is 18.4 Å². The van der Waals surface area contributed by atoms with Crippen molar-refractivity contribution in [1.82, 2.24) is 16.2 Å². The van der Waals surface area contributed by atoms with Crippen molar-refractivity contribution in [3.63, 3.8) is 0 Å². The number of thiocarbonyl (C=S) groups is 1. The van der Waals surface area contributed by atoms with Gasteiger partial charge in [0.15, 0.2) is 5.11 Å². The van der Waals surface area contributed by atoms with Gasteiger partial charge in [-0.05, 0) is 54.2 Å². The molecule has 0 saturated heterocycles. The van der Waals surface area contributed by atoms with E-state index in [4.69, 9.17) is 22.7 Å². The zero-order valence-corrected chi connectivity index (χ0v) is 19.0. The van der Waals surface area contributed by atoms with Crippen molar-refractivity contribution < 1.29 is 19.1 Å². The molecule has 0 heterocycles. The van der Waals surface area contributed by atoms with Crippen molar-refractivity contribution >= 4 is 53.7 Å². The van der Waals surface area contributed by atoms with Gasteiger partial charge >= 0.3 is 0 Å². The molecule has 11 heteroatoms. The lowest BCUT2D eigenvalue weighted by molar-refractivity contribution is -0.125. The first-order chi connectivity index (χ1) is 15.4. The molecule has 0 aliphatic carbocycles. The monoisotopic (exact) mass is 475 g/mol. The average Bonchev–Trinajstić information content (AvgIpc) is 2.81. The predicted octanol–water partition coefficient (Wildman–Crippen LogP) is 1.36. The fourth-order valence-corrected chi connectivity index (χ4v) is 3.04. The molecule has 0 spiro atoms. The van der Waals surface area contributed by atoms with Crippen LogP contribution in [0.2, 0.25) is 0 Å². The van der Waals surface area contributed by atoms with Gasteiger partial charge in [-0.1, -0.05) is 12.1 Å². The number of anilines is 1. The summed E-state index contributed by atoms with van der Waals surface area (Å²) < 4.78 is 5.05. The molecule has 2 aromatic rings. The molecule has 170 valence electrons. The first-order valence-corrected chi connectivity index (χ1v) is 10.5. The highest BCUT2D eigenvalue weighted by Gasteiger charge is 2.23. The number of thiol groups is 1. The summed E-state index contributed by atoms with van der Waals surface area (Å²) in [5.41, 5.74) is 12.6. The van der Waals surface area contributed by atoms with Gasteiger partial charge in [-0.25, -0.2) is 0 Å². The molecule has 0 fully saturated rings. The quantitative estimate of drug-likeness (QED) is 0.105. The van der Waals surface area contributed by atoms with Crippen LogP contribution in [-0.2, 0) is 16.1 Å². The summed E-state index contributed by atoms with van der Waals surface area (Å²) in [5, 5.41) is 4.81. The molecule has 0 saturated carbocycles. The molecule has 0 bridgehead atoms. The largest absolute Gasteiger partial charge is 0.497 e. The summed E-state index contributed by atoms with van der Waals surface area (Å²) in [6.07, 6.45) is 0.364. The van der Waals surface area contributed by atoms with Crippen LogP contribution in [-0.4, -0.2) is 35.7 Å². The fraction of sp³-hybridized carbons (Fsp3) is 0.238. The second kappa shape index (κ2) is 12.6. The highest BCUT2D eigenvalue weighted by molar-refractivity contribution is 7.81. The minimum Gasteiger partial charge on any atom is -0.497 e. The van der Waals surface area contributed by atoms with E-state index in [0.29, 0.717) is 24.1 Å². The maximum atomic E-state index is 12.3. The zero-order chi connectivity index (χ0) is 23.5. The van der Waals surface area contributed by atoms with E-state index >= 15 is 0 Å². The summed E-state index contributed by atoms with van der Waals surface area (Å²) in [6, 6.07) is 13.8. The molecule has 2 amide bonds. The standard InChI is InChI=1S/C21H25N5O4S2/c1-30-17-8-4-14(5-9-17)19(29)24-20(31)15(12-27)10-18(28)25-26-21(32)23-16-6-2-13(11-22)3-7-16/h2-9,12,15,20,31H,10-11,22H2,1H3,(H,24,29)(H,25,28)(H2,23,26,32). The van der Waals surface area contributed by atoms with E-state index in [-0.39, 0.29) is 11.5 Å². The Morgan fingerprint density at radius 3 is 2.34 bits per heavy atom. The number of nitrogens with two attached hydrogens (primary N) is 1. The number of benzene rings is 2. The van der Waals surface area contributed by atoms with Gasteiger partial charge in [-0.2, -0.15) is 12.6 Å². The second-order valence-electron chi connectivity index (χ2n) is 6.68. The normalized spacial score (nSPS) is 12.1. The molecule has 2 rings (SSSR count). The maximum Gasteiger partial charge on any atom is 0.252 e. The number of nitrogens with one attached hydrogen (secondary N) is 4. The van der Waals surface area contributed by atoms with Crippen LogP contribution >= 0.6 is 24.8 Å². The lowest BCUT2D eigenvalue weighted by Crippen LogP contribution is -2.46. The van der Waals surface area contributed by atoms with Crippen molar-refractivity contribution in [1.29, 1.82) is 0 Å². The Kier molecular flexibility index (Phi) is 9.92. The van der Waals surface area contributed by atoms with Gasteiger partial charge in [0.2, 0.25) is 5.91 Å². The van der Waals surface area contributed by atoms with Gasteiger partial charge in [-0.3, -0.25) is 20.4 Å². The number of aldehydes is 1. The van der Waals surface area contributed by atoms with Crippen LogP contribution in [0, 0.1) is 5.92 Å². The molecule has 2 atom stereocenters. The van der Waals surface area contributed by atoms with Crippen molar-refractivity contribution in [3.8, 4) is 5.75 Å². The lowest BCUT2D eigenvalue weighted by Gasteiger charge is -2.19. The smallest absolute Gasteiger partial charge is 0.252 e. The first-order valence-electron chi connectivity index (χ1n) is 9.59. The van der Waals surface area contributed by atoms with Crippen molar-refractivity contribution in [2.75, 3.05) is 12.4 Å². The highest BCUT2D eigenvalue weighted by Crippen LogP contribution is 2.14. The predicted molar refractivity (Wildman–Crippen MR) is 129 cm³/mol. The van der Waals surface area contributed by atoms with Gasteiger partial charge in [0.25, 0.3) is 5.91 Å². The van der Waals surface area contributed by atoms with Crippen LogP contribution < -0.4 is 32.0 Å². The summed E-state index contributed by atoms with van der Waals surface area (Å²) in [4.78, 5) is 36.0. The highest BCUT2D eigenvalue weighted by atomic mass is 32.1. The van der Waals surface area contributed by atoms with Gasteiger partial charge in [0, 0.05) is 24.2 Å². The van der Waals surface area contributed by atoms with Crippen LogP contribution in [0.25, 0.3) is 0 Å². The Balaban J connectivity index is 1.80. The Bertz CT molecular complexity index is 938. The molecule has 32 heavy (non-hydrogen) atoms. The van der Waals surface area contributed by atoms with Crippen molar-refractivity contribution in [3.05, 3.63) is 59.7 Å². The number of carbonyl (C=O) groups excluding carboxylic acids is 3. The Morgan fingerprint density at radius 1 is 1.12 bits per heavy atom. The van der Waals surface area contributed by atoms with Gasteiger partial charge in [0.1, 0.15) is 12.0 Å². The number of carbonyl (C=O) groups is 3. The lowest BCUT2D eigenvalue weighted by atomic mass is 10.1. The van der Waals surface area contributed by atoms with Crippen LogP contribution in [0.4, 0.5) is 5.69 Å². The Labute approximate surface area is 196 Å². The maximum absolute atomic E-state index is 12.3. The molecule has 6 N–H and O–H groups in total. The molecular formula is C21H25N5O4S2. The third kappa shape index (κ3) is 7.84. The number of methoxy groups -OCH3 is 1. The van der Waals surface area contributed by atoms with E-state index in [0.717, 1.165) is 11.3 Å². The van der Waals surface area contributed by atoms with Gasteiger partial charge < -0.3 is 25.9 Å². The van der Waals surface area contributed by atoms with E-state index in [9.17, 15) is 14.4 Å². The van der Waals surface area contributed by atoms with E-state index in [1.807, 2.05) is 12.1 Å². The molecule has 0 aliphatic rings. The number of hydrazine groups is 1. The summed E-state index contributed by atoms with van der Waals surface area (Å²) >= 11 is 9.39.